The number of benzene rings is 1. The lowest BCUT2D eigenvalue weighted by atomic mass is 9.94. The van der Waals surface area contributed by atoms with E-state index >= 15 is 0 Å². The molecule has 120 valence electrons. The van der Waals surface area contributed by atoms with Crippen molar-refractivity contribution in [3.8, 4) is 0 Å². The summed E-state index contributed by atoms with van der Waals surface area (Å²) in [5.41, 5.74) is 2.87. The first-order valence-corrected chi connectivity index (χ1v) is 9.61. The molecule has 0 heterocycles. The molecule has 21 heavy (non-hydrogen) atoms. The van der Waals surface area contributed by atoms with Gasteiger partial charge in [-0.05, 0) is 68.2 Å². The van der Waals surface area contributed by atoms with E-state index in [1.54, 1.807) is 0 Å². The quantitative estimate of drug-likeness (QED) is 0.582. The van der Waals surface area contributed by atoms with Crippen molar-refractivity contribution in [1.29, 1.82) is 0 Å². The van der Waals surface area contributed by atoms with Gasteiger partial charge in [-0.1, -0.05) is 50.6 Å². The number of aryl methyl sites for hydroxylation is 1. The van der Waals surface area contributed by atoms with Crippen LogP contribution in [0.3, 0.4) is 0 Å². The third kappa shape index (κ3) is 9.21. The Balaban J connectivity index is 2.45. The monoisotopic (exact) mass is 307 g/mol. The molecule has 1 rings (SSSR count). The Morgan fingerprint density at radius 3 is 2.67 bits per heavy atom. The highest BCUT2D eigenvalue weighted by atomic mass is 32.2. The third-order valence-corrected chi connectivity index (χ3v) is 4.68. The molecule has 0 amide bonds. The molecule has 1 N–H and O–H groups in total. The summed E-state index contributed by atoms with van der Waals surface area (Å²) < 4.78 is 0. The number of thioether (sulfide) groups is 1. The zero-order valence-electron chi connectivity index (χ0n) is 14.3. The first kappa shape index (κ1) is 18.6. The molecule has 1 atom stereocenters. The van der Waals surface area contributed by atoms with Crippen LogP contribution in [0.2, 0.25) is 0 Å². The van der Waals surface area contributed by atoms with Crippen molar-refractivity contribution < 1.29 is 0 Å². The first-order valence-electron chi connectivity index (χ1n) is 8.45. The van der Waals surface area contributed by atoms with Gasteiger partial charge < -0.3 is 5.32 Å². The molecule has 0 aliphatic carbocycles. The molecule has 0 aromatic heterocycles. The largest absolute Gasteiger partial charge is 0.316 e. The summed E-state index contributed by atoms with van der Waals surface area (Å²) >= 11 is 2.07. The molecule has 0 spiro atoms. The second-order valence-electron chi connectivity index (χ2n) is 6.45. The number of rotatable bonds is 11. The van der Waals surface area contributed by atoms with E-state index in [0.717, 1.165) is 24.9 Å². The Morgan fingerprint density at radius 1 is 1.19 bits per heavy atom. The zero-order valence-corrected chi connectivity index (χ0v) is 15.1. The summed E-state index contributed by atoms with van der Waals surface area (Å²) in [5.74, 6) is 4.06. The van der Waals surface area contributed by atoms with Crippen LogP contribution in [-0.4, -0.2) is 24.6 Å². The topological polar surface area (TPSA) is 12.0 Å². The molecule has 0 saturated heterocycles. The molecule has 0 saturated carbocycles. The second kappa shape index (κ2) is 11.1. The predicted octanol–water partition coefficient (Wildman–Crippen LogP) is 4.93. The van der Waals surface area contributed by atoms with Gasteiger partial charge in [0.1, 0.15) is 0 Å². The fourth-order valence-corrected chi connectivity index (χ4v) is 3.30. The van der Waals surface area contributed by atoms with Gasteiger partial charge in [0.25, 0.3) is 0 Å². The van der Waals surface area contributed by atoms with E-state index < -0.39 is 0 Å². The van der Waals surface area contributed by atoms with Gasteiger partial charge in [-0.25, -0.2) is 0 Å². The fraction of sp³-hybridized carbons (Fsp3) is 0.684. The molecular formula is C19H33NS. The molecule has 1 nitrogen and oxygen atoms in total. The molecule has 0 bridgehead atoms. The van der Waals surface area contributed by atoms with Crippen LogP contribution in [0.25, 0.3) is 0 Å². The van der Waals surface area contributed by atoms with Crippen molar-refractivity contribution in [2.24, 2.45) is 11.8 Å². The standard InChI is InChI=1S/C19H33NS/c1-5-21-11-7-10-19(15-20-14-16(2)3)13-18-9-6-8-17(4)12-18/h6,8-9,12,16,19-20H,5,7,10-11,13-15H2,1-4H3. The van der Waals surface area contributed by atoms with Gasteiger partial charge in [0, 0.05) is 0 Å². The van der Waals surface area contributed by atoms with Crippen LogP contribution in [0.15, 0.2) is 24.3 Å². The number of nitrogens with one attached hydrogen (secondary N) is 1. The highest BCUT2D eigenvalue weighted by molar-refractivity contribution is 7.99. The van der Waals surface area contributed by atoms with E-state index in [1.807, 2.05) is 0 Å². The Hall–Kier alpha value is -0.470. The average molecular weight is 308 g/mol. The minimum absolute atomic E-state index is 0.736. The van der Waals surface area contributed by atoms with Gasteiger partial charge in [-0.15, -0.1) is 0 Å². The van der Waals surface area contributed by atoms with Gasteiger partial charge in [-0.3, -0.25) is 0 Å². The van der Waals surface area contributed by atoms with Crippen molar-refractivity contribution in [1.82, 2.24) is 5.32 Å². The second-order valence-corrected chi connectivity index (χ2v) is 7.84. The summed E-state index contributed by atoms with van der Waals surface area (Å²) in [4.78, 5) is 0. The Kier molecular flexibility index (Phi) is 9.86. The first-order chi connectivity index (χ1) is 10.1. The van der Waals surface area contributed by atoms with Gasteiger partial charge in [0.15, 0.2) is 0 Å². The Morgan fingerprint density at radius 2 is 2.00 bits per heavy atom. The Bertz CT molecular complexity index is 376. The lowest BCUT2D eigenvalue weighted by molar-refractivity contribution is 0.422. The van der Waals surface area contributed by atoms with E-state index in [2.05, 4.69) is 69.0 Å². The molecular weight excluding hydrogens is 274 g/mol. The van der Waals surface area contributed by atoms with Crippen LogP contribution in [0.5, 0.6) is 0 Å². The van der Waals surface area contributed by atoms with Crippen molar-refractivity contribution in [3.05, 3.63) is 35.4 Å². The zero-order chi connectivity index (χ0) is 15.5. The van der Waals surface area contributed by atoms with Crippen molar-refractivity contribution in [3.63, 3.8) is 0 Å². The lowest BCUT2D eigenvalue weighted by Gasteiger charge is -2.19. The highest BCUT2D eigenvalue weighted by Gasteiger charge is 2.10. The maximum Gasteiger partial charge on any atom is -0.00172 e. The maximum atomic E-state index is 3.65. The third-order valence-electron chi connectivity index (χ3n) is 3.70. The van der Waals surface area contributed by atoms with E-state index in [1.165, 1.54) is 41.9 Å². The van der Waals surface area contributed by atoms with E-state index in [0.29, 0.717) is 0 Å². The van der Waals surface area contributed by atoms with Gasteiger partial charge in [0.05, 0.1) is 0 Å². The van der Waals surface area contributed by atoms with Gasteiger partial charge in [0.2, 0.25) is 0 Å². The Labute approximate surface area is 136 Å². The normalized spacial score (nSPS) is 12.8. The SMILES string of the molecule is CCSCCCC(CNCC(C)C)Cc1cccc(C)c1. The highest BCUT2D eigenvalue weighted by Crippen LogP contribution is 2.17. The molecule has 1 aromatic rings. The summed E-state index contributed by atoms with van der Waals surface area (Å²) in [6.45, 7) is 11.3. The van der Waals surface area contributed by atoms with Crippen LogP contribution in [0, 0.1) is 18.8 Å². The molecule has 1 aromatic carbocycles. The van der Waals surface area contributed by atoms with Crippen molar-refractivity contribution in [2.75, 3.05) is 24.6 Å². The van der Waals surface area contributed by atoms with Crippen LogP contribution in [0.1, 0.15) is 44.7 Å². The molecule has 0 fully saturated rings. The van der Waals surface area contributed by atoms with Crippen LogP contribution in [-0.2, 0) is 6.42 Å². The minimum Gasteiger partial charge on any atom is -0.316 e. The lowest BCUT2D eigenvalue weighted by Crippen LogP contribution is -2.27. The molecule has 1 unspecified atom stereocenters. The van der Waals surface area contributed by atoms with Gasteiger partial charge >= 0.3 is 0 Å². The smallest absolute Gasteiger partial charge is 0.00172 e. The number of hydrogen-bond acceptors (Lipinski definition) is 2. The summed E-state index contributed by atoms with van der Waals surface area (Å²) in [7, 11) is 0. The van der Waals surface area contributed by atoms with Crippen molar-refractivity contribution >= 4 is 11.8 Å². The van der Waals surface area contributed by atoms with E-state index in [9.17, 15) is 0 Å². The summed E-state index contributed by atoms with van der Waals surface area (Å²) in [6.07, 6.45) is 3.90. The molecule has 2 heteroatoms. The molecule has 0 radical (unpaired) electrons. The molecule has 0 aliphatic rings. The van der Waals surface area contributed by atoms with E-state index in [4.69, 9.17) is 0 Å². The van der Waals surface area contributed by atoms with Crippen LogP contribution >= 0.6 is 11.8 Å². The fourth-order valence-electron chi connectivity index (χ4n) is 2.64. The van der Waals surface area contributed by atoms with Crippen LogP contribution in [0.4, 0.5) is 0 Å². The predicted molar refractivity (Wildman–Crippen MR) is 98.3 cm³/mol. The van der Waals surface area contributed by atoms with E-state index in [-0.39, 0.29) is 0 Å². The maximum absolute atomic E-state index is 3.65. The molecule has 0 aliphatic heterocycles. The summed E-state index contributed by atoms with van der Waals surface area (Å²) in [5, 5.41) is 3.65. The minimum atomic E-state index is 0.736. The van der Waals surface area contributed by atoms with Crippen molar-refractivity contribution in [2.45, 2.75) is 47.0 Å². The van der Waals surface area contributed by atoms with Crippen LogP contribution < -0.4 is 5.32 Å². The average Bonchev–Trinajstić information content (AvgIpc) is 2.43. The number of hydrogen-bond donors (Lipinski definition) is 1. The van der Waals surface area contributed by atoms with Gasteiger partial charge in [-0.2, -0.15) is 11.8 Å². The summed E-state index contributed by atoms with van der Waals surface area (Å²) in [6, 6.07) is 9.00.